The largest absolute Gasteiger partial charge is 0.351 e. The lowest BCUT2D eigenvalue weighted by molar-refractivity contribution is -0.145. The number of amidine groups is 1. The molecule has 1 amide bonds. The second kappa shape index (κ2) is 7.09. The Hall–Kier alpha value is -1.83. The Morgan fingerprint density at radius 2 is 1.87 bits per heavy atom. The highest BCUT2D eigenvalue weighted by Crippen LogP contribution is 2.48. The van der Waals surface area contributed by atoms with Gasteiger partial charge in [0.05, 0.1) is 6.26 Å². The van der Waals surface area contributed by atoms with Crippen molar-refractivity contribution in [3.8, 4) is 0 Å². The van der Waals surface area contributed by atoms with Crippen LogP contribution in [0.1, 0.15) is 31.2 Å². The number of amides is 1. The van der Waals surface area contributed by atoms with Gasteiger partial charge in [0.15, 0.2) is 11.7 Å². The van der Waals surface area contributed by atoms with Gasteiger partial charge in [-0.2, -0.15) is 8.42 Å². The molecule has 4 fully saturated rings. The van der Waals surface area contributed by atoms with Crippen LogP contribution in [0.15, 0.2) is 14.7 Å². The second-order valence-electron chi connectivity index (χ2n) is 8.66. The summed E-state index contributed by atoms with van der Waals surface area (Å²) in [5, 5.41) is 7.59. The third kappa shape index (κ3) is 3.51. The number of nitrogens with one attached hydrogen (secondary N) is 3. The minimum Gasteiger partial charge on any atom is -0.351 e. The molecular weight excluding hydrogens is 464 g/mol. The van der Waals surface area contributed by atoms with Crippen molar-refractivity contribution >= 4 is 53.9 Å². The molecule has 0 radical (unpaired) electrons. The molecule has 2 bridgehead atoms. The Labute approximate surface area is 184 Å². The predicted molar refractivity (Wildman–Crippen MR) is 114 cm³/mol. The van der Waals surface area contributed by atoms with Crippen LogP contribution in [0.2, 0.25) is 0 Å². The SMILES string of the molecule is CS(=O)(=O)NCc1csc2c1S(=O)(=O)N=C(C1C(=O)NC3C4CCC(CC4)C3C1=O)N2. The zero-order valence-electron chi connectivity index (χ0n) is 16.6. The number of piperidine rings is 1. The summed E-state index contributed by atoms with van der Waals surface area (Å²) in [6.45, 7) is -0.202. The van der Waals surface area contributed by atoms with E-state index in [1.165, 1.54) is 5.38 Å². The number of fused-ring (bicyclic) bond motifs is 3. The lowest BCUT2D eigenvalue weighted by Gasteiger charge is -2.51. The maximum atomic E-state index is 13.4. The molecule has 13 heteroatoms. The number of hydrogen-bond donors (Lipinski definition) is 3. The van der Waals surface area contributed by atoms with Crippen LogP contribution in [-0.4, -0.2) is 46.7 Å². The first-order chi connectivity index (χ1) is 14.5. The third-order valence-electron chi connectivity index (χ3n) is 6.74. The van der Waals surface area contributed by atoms with E-state index in [2.05, 4.69) is 19.8 Å². The summed E-state index contributed by atoms with van der Waals surface area (Å²) in [5.74, 6) is -2.05. The van der Waals surface area contributed by atoms with Gasteiger partial charge in [0.25, 0.3) is 10.0 Å². The molecule has 3 unspecified atom stereocenters. The van der Waals surface area contributed by atoms with E-state index in [0.29, 0.717) is 5.92 Å². The van der Waals surface area contributed by atoms with Crippen molar-refractivity contribution < 1.29 is 26.4 Å². The average molecular weight is 487 g/mol. The highest BCUT2D eigenvalue weighted by atomic mass is 32.2. The first kappa shape index (κ1) is 21.0. The van der Waals surface area contributed by atoms with Crippen LogP contribution in [-0.2, 0) is 36.2 Å². The molecule has 3 heterocycles. The summed E-state index contributed by atoms with van der Waals surface area (Å²) in [4.78, 5) is 26.1. The minimum atomic E-state index is -4.21. The number of hydrogen-bond acceptors (Lipinski definition) is 8. The topological polar surface area (TPSA) is 151 Å². The summed E-state index contributed by atoms with van der Waals surface area (Å²) in [7, 11) is -7.73. The van der Waals surface area contributed by atoms with Crippen LogP contribution in [0.25, 0.3) is 0 Å². The molecule has 10 nitrogen and oxygen atoms in total. The van der Waals surface area contributed by atoms with Gasteiger partial charge in [-0.25, -0.2) is 13.1 Å². The standard InChI is InChI=1S/C18H22N4O6S3/c1-30(25,26)19-6-10-7-29-18-15(10)31(27,28)22-16(21-18)12-14(23)11-8-2-4-9(5-3-8)13(11)20-17(12)24/h7-9,11-13,19H,2-6H2,1H3,(H,20,24)(H,21,22). The number of sulfonamides is 2. The van der Waals surface area contributed by atoms with E-state index in [1.807, 2.05) is 0 Å². The van der Waals surface area contributed by atoms with Gasteiger partial charge in [-0.15, -0.1) is 15.7 Å². The van der Waals surface area contributed by atoms with Gasteiger partial charge in [0.2, 0.25) is 15.9 Å². The highest BCUT2D eigenvalue weighted by Gasteiger charge is 2.55. The van der Waals surface area contributed by atoms with Crippen molar-refractivity contribution in [3.05, 3.63) is 10.9 Å². The normalized spacial score (nSPS) is 33.7. The van der Waals surface area contributed by atoms with Crippen molar-refractivity contribution in [1.29, 1.82) is 0 Å². The molecule has 3 aliphatic carbocycles. The molecule has 31 heavy (non-hydrogen) atoms. The maximum absolute atomic E-state index is 13.4. The lowest BCUT2D eigenvalue weighted by Crippen LogP contribution is -2.65. The zero-order chi connectivity index (χ0) is 22.1. The fraction of sp³-hybridized carbons (Fsp3) is 0.611. The van der Waals surface area contributed by atoms with Crippen LogP contribution >= 0.6 is 11.3 Å². The van der Waals surface area contributed by atoms with Gasteiger partial charge in [-0.05, 0) is 42.9 Å². The first-order valence-electron chi connectivity index (χ1n) is 10.1. The van der Waals surface area contributed by atoms with Crippen molar-refractivity contribution in [2.45, 2.75) is 43.2 Å². The monoisotopic (exact) mass is 486 g/mol. The number of carbonyl (C=O) groups is 2. The number of Topliss-reactive ketones (excluding diaryl/α,β-unsaturated/α-hetero) is 1. The Morgan fingerprint density at radius 3 is 2.55 bits per heavy atom. The average Bonchev–Trinajstić information content (AvgIpc) is 3.10. The van der Waals surface area contributed by atoms with Gasteiger partial charge in [-0.1, -0.05) is 0 Å². The second-order valence-corrected chi connectivity index (χ2v) is 12.9. The third-order valence-corrected chi connectivity index (χ3v) is 9.90. The minimum absolute atomic E-state index is 0.129. The van der Waals surface area contributed by atoms with E-state index in [1.54, 1.807) is 0 Å². The van der Waals surface area contributed by atoms with E-state index in [0.717, 1.165) is 43.3 Å². The molecule has 1 saturated heterocycles. The Bertz CT molecular complexity index is 1210. The van der Waals surface area contributed by atoms with Crippen molar-refractivity contribution in [3.63, 3.8) is 0 Å². The Kier molecular flexibility index (Phi) is 4.81. The fourth-order valence-electron chi connectivity index (χ4n) is 5.42. The van der Waals surface area contributed by atoms with Gasteiger partial charge < -0.3 is 10.6 Å². The van der Waals surface area contributed by atoms with Crippen LogP contribution in [0.5, 0.6) is 0 Å². The molecule has 3 atom stereocenters. The van der Waals surface area contributed by atoms with Crippen LogP contribution in [0, 0.1) is 23.7 Å². The van der Waals surface area contributed by atoms with E-state index in [9.17, 15) is 26.4 Å². The number of ketones is 1. The van der Waals surface area contributed by atoms with Gasteiger partial charge in [0, 0.05) is 24.1 Å². The molecule has 2 aliphatic heterocycles. The van der Waals surface area contributed by atoms with Crippen LogP contribution < -0.4 is 15.4 Å². The summed E-state index contributed by atoms with van der Waals surface area (Å²) in [6.07, 6.45) is 4.88. The molecule has 6 rings (SSSR count). The maximum Gasteiger partial charge on any atom is 0.287 e. The first-order valence-corrected chi connectivity index (χ1v) is 14.3. The van der Waals surface area contributed by atoms with Crippen molar-refractivity contribution in [2.24, 2.45) is 28.1 Å². The molecule has 1 aromatic heterocycles. The Morgan fingerprint density at radius 1 is 1.19 bits per heavy atom. The number of carbonyl (C=O) groups excluding carboxylic acids is 2. The fourth-order valence-corrected chi connectivity index (χ4v) is 8.48. The summed E-state index contributed by atoms with van der Waals surface area (Å²) < 4.78 is 54.6. The van der Waals surface area contributed by atoms with Crippen molar-refractivity contribution in [1.82, 2.24) is 10.0 Å². The summed E-state index contributed by atoms with van der Waals surface area (Å²) in [6, 6.07) is -0.171. The molecule has 3 saturated carbocycles. The van der Waals surface area contributed by atoms with E-state index in [4.69, 9.17) is 0 Å². The number of rotatable bonds is 4. The van der Waals surface area contributed by atoms with Crippen molar-refractivity contribution in [2.75, 3.05) is 11.6 Å². The molecule has 1 aromatic rings. The number of nitrogens with zero attached hydrogens (tertiary/aromatic N) is 1. The Balaban J connectivity index is 1.46. The highest BCUT2D eigenvalue weighted by molar-refractivity contribution is 7.91. The van der Waals surface area contributed by atoms with Crippen LogP contribution in [0.4, 0.5) is 5.00 Å². The molecule has 3 N–H and O–H groups in total. The summed E-state index contributed by atoms with van der Waals surface area (Å²) >= 11 is 1.06. The summed E-state index contributed by atoms with van der Waals surface area (Å²) in [5.41, 5.74) is 0.254. The molecule has 0 spiro atoms. The zero-order valence-corrected chi connectivity index (χ0v) is 19.1. The predicted octanol–water partition coefficient (Wildman–Crippen LogP) is 0.430. The van der Waals surface area contributed by atoms with Gasteiger partial charge in [0.1, 0.15) is 15.7 Å². The van der Waals surface area contributed by atoms with Gasteiger partial charge in [-0.3, -0.25) is 9.59 Å². The molecule has 5 aliphatic rings. The molecule has 168 valence electrons. The molecule has 0 aromatic carbocycles. The van der Waals surface area contributed by atoms with Crippen LogP contribution in [0.3, 0.4) is 0 Å². The van der Waals surface area contributed by atoms with E-state index < -0.39 is 31.9 Å². The number of anilines is 1. The smallest absolute Gasteiger partial charge is 0.287 e. The van der Waals surface area contributed by atoms with E-state index in [-0.39, 0.29) is 51.5 Å². The lowest BCUT2D eigenvalue weighted by atomic mass is 9.58. The quantitative estimate of drug-likeness (QED) is 0.522. The molecular formula is C18H22N4O6S3. The van der Waals surface area contributed by atoms with E-state index >= 15 is 0 Å². The van der Waals surface area contributed by atoms with Gasteiger partial charge >= 0.3 is 0 Å². The number of thiophene rings is 1.